The Balaban J connectivity index is 2.56. The molecule has 0 unspecified atom stereocenters. The normalized spacial score (nSPS) is 10.5. The predicted molar refractivity (Wildman–Crippen MR) is 79.4 cm³/mol. The van der Waals surface area contributed by atoms with Gasteiger partial charge in [0.25, 0.3) is 0 Å². The molecule has 0 aliphatic carbocycles. The van der Waals surface area contributed by atoms with Crippen LogP contribution in [0.1, 0.15) is 32.6 Å². The molecule has 2 aromatic carbocycles. The molecule has 19 heavy (non-hydrogen) atoms. The Kier molecular flexibility index (Phi) is 3.30. The van der Waals surface area contributed by atoms with Crippen LogP contribution in [0.2, 0.25) is 0 Å². The van der Waals surface area contributed by atoms with Gasteiger partial charge >= 0.3 is 0 Å². The highest BCUT2D eigenvalue weighted by Crippen LogP contribution is 2.22. The third-order valence-electron chi connectivity index (χ3n) is 3.14. The van der Waals surface area contributed by atoms with Gasteiger partial charge < -0.3 is 11.5 Å². The fourth-order valence-corrected chi connectivity index (χ4v) is 2.49. The number of hydrogen-bond donors (Lipinski definition) is 2. The van der Waals surface area contributed by atoms with Gasteiger partial charge in [-0.1, -0.05) is 17.7 Å². The van der Waals surface area contributed by atoms with E-state index in [-0.39, 0.29) is 5.78 Å². The molecule has 0 bridgehead atoms. The first-order valence-corrected chi connectivity index (χ1v) is 6.17. The lowest BCUT2D eigenvalue weighted by Gasteiger charge is -2.11. The first-order chi connectivity index (χ1) is 8.88. The Hall–Kier alpha value is -2.29. The lowest BCUT2D eigenvalue weighted by Crippen LogP contribution is -2.08. The Morgan fingerprint density at radius 2 is 1.32 bits per heavy atom. The van der Waals surface area contributed by atoms with Gasteiger partial charge in [0.15, 0.2) is 5.78 Å². The first kappa shape index (κ1) is 13.1. The SMILES string of the molecule is Cc1cc(C)c(C(=O)c2cc(N)cc(N)c2)c(C)c1. The van der Waals surface area contributed by atoms with Crippen molar-refractivity contribution in [3.05, 3.63) is 58.1 Å². The zero-order chi connectivity index (χ0) is 14.2. The third kappa shape index (κ3) is 2.60. The number of nitrogens with two attached hydrogens (primary N) is 2. The molecule has 98 valence electrons. The van der Waals surface area contributed by atoms with E-state index in [2.05, 4.69) is 0 Å². The molecule has 0 saturated carbocycles. The summed E-state index contributed by atoms with van der Waals surface area (Å²) < 4.78 is 0. The van der Waals surface area contributed by atoms with Crippen LogP contribution in [-0.4, -0.2) is 5.78 Å². The summed E-state index contributed by atoms with van der Waals surface area (Å²) in [6.45, 7) is 5.92. The Labute approximate surface area is 113 Å². The van der Waals surface area contributed by atoms with Gasteiger partial charge in [0, 0.05) is 22.5 Å². The summed E-state index contributed by atoms with van der Waals surface area (Å²) in [5, 5.41) is 0. The van der Waals surface area contributed by atoms with Crippen molar-refractivity contribution in [3.63, 3.8) is 0 Å². The average Bonchev–Trinajstić information content (AvgIpc) is 2.25. The van der Waals surface area contributed by atoms with Crippen molar-refractivity contribution >= 4 is 17.2 Å². The molecule has 2 aromatic rings. The van der Waals surface area contributed by atoms with Crippen LogP contribution in [0.3, 0.4) is 0 Å². The Morgan fingerprint density at radius 1 is 0.842 bits per heavy atom. The molecule has 3 heteroatoms. The molecule has 0 radical (unpaired) electrons. The number of aryl methyl sites for hydroxylation is 3. The summed E-state index contributed by atoms with van der Waals surface area (Å²) in [6, 6.07) is 8.99. The summed E-state index contributed by atoms with van der Waals surface area (Å²) in [7, 11) is 0. The number of benzene rings is 2. The molecule has 4 N–H and O–H groups in total. The minimum Gasteiger partial charge on any atom is -0.399 e. The number of nitrogen functional groups attached to an aromatic ring is 2. The summed E-state index contributed by atoms with van der Waals surface area (Å²) in [4.78, 5) is 12.6. The minimum atomic E-state index is -0.0333. The van der Waals surface area contributed by atoms with E-state index in [1.165, 1.54) is 0 Å². The van der Waals surface area contributed by atoms with Gasteiger partial charge in [-0.3, -0.25) is 4.79 Å². The lowest BCUT2D eigenvalue weighted by molar-refractivity contribution is 0.103. The van der Waals surface area contributed by atoms with Crippen LogP contribution >= 0.6 is 0 Å². The maximum atomic E-state index is 12.6. The van der Waals surface area contributed by atoms with E-state index in [4.69, 9.17) is 11.5 Å². The van der Waals surface area contributed by atoms with E-state index in [1.807, 2.05) is 32.9 Å². The van der Waals surface area contributed by atoms with Crippen LogP contribution in [0, 0.1) is 20.8 Å². The number of hydrogen-bond acceptors (Lipinski definition) is 3. The number of carbonyl (C=O) groups excluding carboxylic acids is 1. The fraction of sp³-hybridized carbons (Fsp3) is 0.188. The average molecular weight is 254 g/mol. The van der Waals surface area contributed by atoms with Crippen molar-refractivity contribution < 1.29 is 4.79 Å². The second kappa shape index (κ2) is 4.76. The maximum absolute atomic E-state index is 12.6. The van der Waals surface area contributed by atoms with E-state index >= 15 is 0 Å². The molecular formula is C16H18N2O. The second-order valence-corrected chi connectivity index (χ2v) is 4.99. The predicted octanol–water partition coefficient (Wildman–Crippen LogP) is 3.01. The zero-order valence-electron chi connectivity index (χ0n) is 11.4. The molecule has 2 rings (SSSR count). The van der Waals surface area contributed by atoms with E-state index in [9.17, 15) is 4.79 Å². The van der Waals surface area contributed by atoms with Crippen molar-refractivity contribution in [2.75, 3.05) is 11.5 Å². The van der Waals surface area contributed by atoms with Gasteiger partial charge in [0.2, 0.25) is 0 Å². The topological polar surface area (TPSA) is 69.1 Å². The smallest absolute Gasteiger partial charge is 0.193 e. The molecule has 0 amide bonds. The van der Waals surface area contributed by atoms with E-state index in [1.54, 1.807) is 18.2 Å². The summed E-state index contributed by atoms with van der Waals surface area (Å²) in [5.74, 6) is -0.0333. The number of carbonyl (C=O) groups is 1. The van der Waals surface area contributed by atoms with Gasteiger partial charge in [-0.2, -0.15) is 0 Å². The van der Waals surface area contributed by atoms with Gasteiger partial charge in [0.1, 0.15) is 0 Å². The first-order valence-electron chi connectivity index (χ1n) is 6.17. The number of ketones is 1. The van der Waals surface area contributed by atoms with Crippen LogP contribution in [0.15, 0.2) is 30.3 Å². The molecule has 0 aliphatic rings. The molecule has 0 saturated heterocycles. The van der Waals surface area contributed by atoms with Crippen LogP contribution < -0.4 is 11.5 Å². The van der Waals surface area contributed by atoms with Gasteiger partial charge in [-0.15, -0.1) is 0 Å². The second-order valence-electron chi connectivity index (χ2n) is 4.99. The molecule has 0 aromatic heterocycles. The maximum Gasteiger partial charge on any atom is 0.193 e. The van der Waals surface area contributed by atoms with E-state index < -0.39 is 0 Å². The molecule has 0 atom stereocenters. The highest BCUT2D eigenvalue weighted by atomic mass is 16.1. The molecule has 0 spiro atoms. The van der Waals surface area contributed by atoms with E-state index in [0.29, 0.717) is 16.9 Å². The van der Waals surface area contributed by atoms with Crippen molar-refractivity contribution in [2.45, 2.75) is 20.8 Å². The highest BCUT2D eigenvalue weighted by molar-refractivity contribution is 6.11. The van der Waals surface area contributed by atoms with Crippen LogP contribution in [0.25, 0.3) is 0 Å². The fourth-order valence-electron chi connectivity index (χ4n) is 2.49. The van der Waals surface area contributed by atoms with Crippen LogP contribution in [0.5, 0.6) is 0 Å². The lowest BCUT2D eigenvalue weighted by atomic mass is 9.93. The molecule has 0 fully saturated rings. The summed E-state index contributed by atoms with van der Waals surface area (Å²) in [5.41, 5.74) is 16.9. The van der Waals surface area contributed by atoms with Crippen molar-refractivity contribution in [1.29, 1.82) is 0 Å². The molecular weight excluding hydrogens is 236 g/mol. The number of rotatable bonds is 2. The molecule has 0 heterocycles. The van der Waals surface area contributed by atoms with Gasteiger partial charge in [0.05, 0.1) is 0 Å². The molecule has 0 aliphatic heterocycles. The van der Waals surface area contributed by atoms with Crippen molar-refractivity contribution in [1.82, 2.24) is 0 Å². The summed E-state index contributed by atoms with van der Waals surface area (Å²) >= 11 is 0. The van der Waals surface area contributed by atoms with Gasteiger partial charge in [-0.05, 0) is 50.1 Å². The number of anilines is 2. The summed E-state index contributed by atoms with van der Waals surface area (Å²) in [6.07, 6.45) is 0. The van der Waals surface area contributed by atoms with Crippen LogP contribution in [-0.2, 0) is 0 Å². The van der Waals surface area contributed by atoms with Crippen molar-refractivity contribution in [2.24, 2.45) is 0 Å². The quantitative estimate of drug-likeness (QED) is 0.639. The molecule has 3 nitrogen and oxygen atoms in total. The standard InChI is InChI=1S/C16H18N2O/c1-9-4-10(2)15(11(3)5-9)16(19)12-6-13(17)8-14(18)7-12/h4-8H,17-18H2,1-3H3. The Bertz CT molecular complexity index is 617. The Morgan fingerprint density at radius 3 is 1.79 bits per heavy atom. The monoisotopic (exact) mass is 254 g/mol. The third-order valence-corrected chi connectivity index (χ3v) is 3.14. The van der Waals surface area contributed by atoms with E-state index in [0.717, 1.165) is 22.3 Å². The largest absolute Gasteiger partial charge is 0.399 e. The van der Waals surface area contributed by atoms with Gasteiger partial charge in [-0.25, -0.2) is 0 Å². The van der Waals surface area contributed by atoms with Crippen molar-refractivity contribution in [3.8, 4) is 0 Å². The zero-order valence-corrected chi connectivity index (χ0v) is 11.4. The van der Waals surface area contributed by atoms with Crippen LogP contribution in [0.4, 0.5) is 11.4 Å². The highest BCUT2D eigenvalue weighted by Gasteiger charge is 2.15. The minimum absolute atomic E-state index is 0.0333.